The Balaban J connectivity index is 1.08. The molecule has 2 N–H and O–H groups in total. The first-order chi connectivity index (χ1) is 25.8. The maximum atomic E-state index is 14.9. The topological polar surface area (TPSA) is 94.6 Å². The molecule has 11 heteroatoms. The van der Waals surface area contributed by atoms with E-state index < -0.39 is 23.7 Å². The van der Waals surface area contributed by atoms with Crippen molar-refractivity contribution in [3.8, 4) is 22.6 Å². The first kappa shape index (κ1) is 38.1. The minimum absolute atomic E-state index is 0.0674. The zero-order valence-corrected chi connectivity index (χ0v) is 30.9. The SMILES string of the molecule is CCOc1ccc(O)c(F)c1CN1CCN(C(=O)[C@H](NC(=O)OCc2ccccc2)C2CCN(CCc3cc(Cl)ccc3-c3ccccc3)CC2)CC1. The van der Waals surface area contributed by atoms with Crippen molar-refractivity contribution in [2.24, 2.45) is 5.92 Å². The van der Waals surface area contributed by atoms with Gasteiger partial charge in [0, 0.05) is 49.9 Å². The summed E-state index contributed by atoms with van der Waals surface area (Å²) in [6, 6.07) is 28.0. The number of nitrogens with one attached hydrogen (secondary N) is 1. The second-order valence-electron chi connectivity index (χ2n) is 13.7. The Morgan fingerprint density at radius 1 is 0.906 bits per heavy atom. The number of halogens is 2. The molecule has 1 atom stereocenters. The van der Waals surface area contributed by atoms with Crippen molar-refractivity contribution in [1.29, 1.82) is 0 Å². The molecule has 4 aromatic carbocycles. The molecule has 6 rings (SSSR count). The highest BCUT2D eigenvalue weighted by molar-refractivity contribution is 6.30. The number of alkyl carbamates (subject to hydrolysis) is 1. The van der Waals surface area contributed by atoms with Gasteiger partial charge >= 0.3 is 6.09 Å². The van der Waals surface area contributed by atoms with Crippen LogP contribution >= 0.6 is 11.6 Å². The molecular weight excluding hydrogens is 695 g/mol. The summed E-state index contributed by atoms with van der Waals surface area (Å²) in [4.78, 5) is 33.6. The van der Waals surface area contributed by atoms with Crippen LogP contribution in [0.1, 0.15) is 36.5 Å². The number of carbonyl (C=O) groups is 2. The number of phenols is 1. The Bertz CT molecular complexity index is 1820. The van der Waals surface area contributed by atoms with Gasteiger partial charge in [-0.15, -0.1) is 0 Å². The number of carbonyl (C=O) groups excluding carboxylic acids is 2. The number of piperidine rings is 1. The maximum absolute atomic E-state index is 14.9. The van der Waals surface area contributed by atoms with E-state index >= 15 is 0 Å². The van der Waals surface area contributed by atoms with E-state index in [1.165, 1.54) is 17.2 Å². The lowest BCUT2D eigenvalue weighted by atomic mass is 9.88. The van der Waals surface area contributed by atoms with Crippen LogP contribution in [0.25, 0.3) is 11.1 Å². The van der Waals surface area contributed by atoms with Crippen LogP contribution < -0.4 is 10.1 Å². The molecule has 0 bridgehead atoms. The van der Waals surface area contributed by atoms with Crippen molar-refractivity contribution in [3.63, 3.8) is 0 Å². The van der Waals surface area contributed by atoms with E-state index in [4.69, 9.17) is 21.1 Å². The van der Waals surface area contributed by atoms with Gasteiger partial charge in [-0.25, -0.2) is 9.18 Å². The molecule has 2 amide bonds. The summed E-state index contributed by atoms with van der Waals surface area (Å²) < 4.78 is 26.1. The number of piperazine rings is 1. The Kier molecular flexibility index (Phi) is 13.2. The van der Waals surface area contributed by atoms with Gasteiger partial charge in [0.05, 0.1) is 6.61 Å². The number of aromatic hydroxyl groups is 1. The minimum atomic E-state index is -0.738. The number of nitrogens with zero attached hydrogens (tertiary/aromatic N) is 3. The van der Waals surface area contributed by atoms with Gasteiger partial charge in [-0.05, 0) is 91.7 Å². The molecule has 9 nitrogen and oxygen atoms in total. The molecule has 0 spiro atoms. The molecule has 280 valence electrons. The molecule has 0 saturated carbocycles. The molecule has 0 unspecified atom stereocenters. The van der Waals surface area contributed by atoms with Gasteiger partial charge in [0.25, 0.3) is 0 Å². The number of phenolic OH excluding ortho intramolecular Hbond substituents is 1. The van der Waals surface area contributed by atoms with Crippen LogP contribution in [0.2, 0.25) is 5.02 Å². The molecule has 0 aliphatic carbocycles. The van der Waals surface area contributed by atoms with Crippen molar-refractivity contribution < 1.29 is 28.6 Å². The summed E-state index contributed by atoms with van der Waals surface area (Å²) in [6.45, 7) is 6.83. The maximum Gasteiger partial charge on any atom is 0.408 e. The number of ether oxygens (including phenoxy) is 2. The molecule has 4 aromatic rings. The van der Waals surface area contributed by atoms with Crippen LogP contribution in [0, 0.1) is 11.7 Å². The van der Waals surface area contributed by atoms with E-state index in [1.807, 2.05) is 72.5 Å². The summed E-state index contributed by atoms with van der Waals surface area (Å²) in [5.41, 5.74) is 4.69. The third-order valence-corrected chi connectivity index (χ3v) is 10.5. The molecule has 0 aromatic heterocycles. The monoisotopic (exact) mass is 742 g/mol. The fourth-order valence-corrected chi connectivity index (χ4v) is 7.50. The Morgan fingerprint density at radius 3 is 2.30 bits per heavy atom. The van der Waals surface area contributed by atoms with Crippen LogP contribution in [0.3, 0.4) is 0 Å². The third-order valence-electron chi connectivity index (χ3n) is 10.3. The minimum Gasteiger partial charge on any atom is -0.505 e. The fourth-order valence-electron chi connectivity index (χ4n) is 7.31. The Morgan fingerprint density at radius 2 is 1.60 bits per heavy atom. The van der Waals surface area contributed by atoms with E-state index in [2.05, 4.69) is 28.4 Å². The van der Waals surface area contributed by atoms with E-state index in [9.17, 15) is 19.1 Å². The zero-order chi connectivity index (χ0) is 37.2. The summed E-state index contributed by atoms with van der Waals surface area (Å²) in [7, 11) is 0. The number of benzene rings is 4. The summed E-state index contributed by atoms with van der Waals surface area (Å²) in [5, 5.41) is 13.7. The van der Waals surface area contributed by atoms with Crippen molar-refractivity contribution in [3.05, 3.63) is 119 Å². The van der Waals surface area contributed by atoms with Gasteiger partial charge in [0.2, 0.25) is 5.91 Å². The lowest BCUT2D eigenvalue weighted by Gasteiger charge is -2.40. The molecule has 2 saturated heterocycles. The van der Waals surface area contributed by atoms with Gasteiger partial charge in [-0.2, -0.15) is 0 Å². The zero-order valence-electron chi connectivity index (χ0n) is 30.2. The largest absolute Gasteiger partial charge is 0.505 e. The van der Waals surface area contributed by atoms with Gasteiger partial charge < -0.3 is 29.7 Å². The van der Waals surface area contributed by atoms with Crippen LogP contribution in [0.15, 0.2) is 91.0 Å². The second kappa shape index (κ2) is 18.4. The van der Waals surface area contributed by atoms with E-state index in [0.717, 1.165) is 50.0 Å². The number of amides is 2. The molecule has 2 aliphatic heterocycles. The predicted octanol–water partition coefficient (Wildman–Crippen LogP) is 7.14. The van der Waals surface area contributed by atoms with Crippen molar-refractivity contribution in [1.82, 2.24) is 20.0 Å². The molecular formula is C42H48ClFN4O5. The van der Waals surface area contributed by atoms with Crippen LogP contribution in [-0.4, -0.2) is 90.3 Å². The van der Waals surface area contributed by atoms with Gasteiger partial charge in [0.1, 0.15) is 18.4 Å². The summed E-state index contributed by atoms with van der Waals surface area (Å²) >= 11 is 6.42. The van der Waals surface area contributed by atoms with Gasteiger partial charge in [-0.1, -0.05) is 78.3 Å². The summed E-state index contributed by atoms with van der Waals surface area (Å²) in [5.74, 6) is -0.914. The smallest absolute Gasteiger partial charge is 0.408 e. The average Bonchev–Trinajstić information content (AvgIpc) is 3.19. The van der Waals surface area contributed by atoms with Crippen LogP contribution in [0.4, 0.5) is 9.18 Å². The van der Waals surface area contributed by atoms with E-state index in [1.54, 1.807) is 11.0 Å². The molecule has 0 radical (unpaired) electrons. The van der Waals surface area contributed by atoms with E-state index in [-0.39, 0.29) is 25.0 Å². The number of hydrogen-bond donors (Lipinski definition) is 2. The third kappa shape index (κ3) is 10.1. The van der Waals surface area contributed by atoms with Crippen LogP contribution in [0.5, 0.6) is 11.5 Å². The summed E-state index contributed by atoms with van der Waals surface area (Å²) in [6.07, 6.45) is 1.71. The Labute approximate surface area is 316 Å². The molecule has 2 aliphatic rings. The lowest BCUT2D eigenvalue weighted by Crippen LogP contribution is -2.58. The number of likely N-dealkylation sites (tertiary alicyclic amines) is 1. The van der Waals surface area contributed by atoms with E-state index in [0.29, 0.717) is 49.1 Å². The fraction of sp³-hybridized carbons (Fsp3) is 0.381. The lowest BCUT2D eigenvalue weighted by molar-refractivity contribution is -0.137. The quantitative estimate of drug-likeness (QED) is 0.150. The highest BCUT2D eigenvalue weighted by Crippen LogP contribution is 2.31. The predicted molar refractivity (Wildman–Crippen MR) is 204 cm³/mol. The average molecular weight is 743 g/mol. The Hall–Kier alpha value is -4.64. The standard InChI is InChI=1S/C42H48ClFN4O5/c1-2-52-38-16-15-37(49)39(44)36(38)28-47-23-25-48(26-24-47)41(50)40(45-42(51)53-29-30-9-5-3-6-10-30)32-17-20-46(21-18-32)22-19-33-27-34(43)13-14-35(33)31-11-7-4-8-12-31/h3-16,27,32,40,49H,2,17-26,28-29H2,1H3,(H,45,51)/t40-/m1/s1. The van der Waals surface area contributed by atoms with Crippen molar-refractivity contribution >= 4 is 23.6 Å². The molecule has 2 fully saturated rings. The highest BCUT2D eigenvalue weighted by Gasteiger charge is 2.37. The molecule has 53 heavy (non-hydrogen) atoms. The van der Waals surface area contributed by atoms with Gasteiger partial charge in [0.15, 0.2) is 11.6 Å². The number of hydrogen-bond acceptors (Lipinski definition) is 7. The first-order valence-electron chi connectivity index (χ1n) is 18.5. The molecule has 2 heterocycles. The van der Waals surface area contributed by atoms with Gasteiger partial charge in [-0.3, -0.25) is 9.69 Å². The first-order valence-corrected chi connectivity index (χ1v) is 18.8. The second-order valence-corrected chi connectivity index (χ2v) is 14.1. The normalized spacial score (nSPS) is 16.2. The van der Waals surface area contributed by atoms with Crippen molar-refractivity contribution in [2.75, 3.05) is 52.4 Å². The number of rotatable bonds is 13. The van der Waals surface area contributed by atoms with Crippen LogP contribution in [-0.2, 0) is 29.1 Å². The van der Waals surface area contributed by atoms with Crippen molar-refractivity contribution in [2.45, 2.75) is 45.4 Å². The highest BCUT2D eigenvalue weighted by atomic mass is 35.5.